The molecule has 1 amide bonds. The number of hydrogen-bond donors (Lipinski definition) is 2. The van der Waals surface area contributed by atoms with Crippen LogP contribution < -0.4 is 10.1 Å². The van der Waals surface area contributed by atoms with E-state index in [0.717, 1.165) is 35.2 Å². The fraction of sp³-hybridized carbons (Fsp3) is 0.385. The highest BCUT2D eigenvalue weighted by Crippen LogP contribution is 2.29. The van der Waals surface area contributed by atoms with Gasteiger partial charge in [0, 0.05) is 12.6 Å². The van der Waals surface area contributed by atoms with Crippen molar-refractivity contribution in [2.75, 3.05) is 0 Å². The van der Waals surface area contributed by atoms with Crippen LogP contribution in [0.3, 0.4) is 0 Å². The molecule has 0 bridgehead atoms. The third kappa shape index (κ3) is 6.38. The van der Waals surface area contributed by atoms with Crippen LogP contribution in [0.15, 0.2) is 48.8 Å². The monoisotopic (exact) mass is 478 g/mol. The van der Waals surface area contributed by atoms with E-state index in [4.69, 9.17) is 9.47 Å². The first-order valence-corrected chi connectivity index (χ1v) is 11.7. The smallest absolute Gasteiger partial charge is 0.407 e. The average Bonchev–Trinajstić information content (AvgIpc) is 3.22. The van der Waals surface area contributed by atoms with Crippen molar-refractivity contribution in [3.63, 3.8) is 0 Å². The van der Waals surface area contributed by atoms with Crippen LogP contribution in [0.25, 0.3) is 11.3 Å². The molecular formula is C26H30N4O5. The number of alkyl carbamates (subject to hydrolysis) is 1. The van der Waals surface area contributed by atoms with Gasteiger partial charge in [0.1, 0.15) is 12.4 Å². The summed E-state index contributed by atoms with van der Waals surface area (Å²) in [7, 11) is 1.80. The molecule has 2 N–H and O–H groups in total. The van der Waals surface area contributed by atoms with Crippen molar-refractivity contribution in [2.24, 2.45) is 13.0 Å². The lowest BCUT2D eigenvalue weighted by molar-refractivity contribution is -0.143. The normalized spacial score (nSPS) is 17.5. The Morgan fingerprint density at radius 1 is 1.20 bits per heavy atom. The van der Waals surface area contributed by atoms with Crippen LogP contribution in [0.2, 0.25) is 0 Å². The number of amides is 1. The Bertz CT molecular complexity index is 1170. The van der Waals surface area contributed by atoms with Gasteiger partial charge < -0.3 is 19.9 Å². The van der Waals surface area contributed by atoms with Gasteiger partial charge in [0.05, 0.1) is 42.3 Å². The van der Waals surface area contributed by atoms with E-state index in [9.17, 15) is 14.7 Å². The summed E-state index contributed by atoms with van der Waals surface area (Å²) in [6.07, 6.45) is 5.59. The van der Waals surface area contributed by atoms with Crippen molar-refractivity contribution < 1.29 is 24.2 Å². The molecular weight excluding hydrogens is 448 g/mol. The number of carboxylic acid groups (broad SMARTS) is 1. The van der Waals surface area contributed by atoms with E-state index in [-0.39, 0.29) is 25.2 Å². The van der Waals surface area contributed by atoms with Crippen LogP contribution in [0, 0.1) is 12.8 Å². The molecule has 0 unspecified atom stereocenters. The molecule has 1 aromatic carbocycles. The number of rotatable bonds is 8. The molecule has 1 saturated carbocycles. The van der Waals surface area contributed by atoms with Gasteiger partial charge in [-0.1, -0.05) is 29.8 Å². The quantitative estimate of drug-likeness (QED) is 0.497. The van der Waals surface area contributed by atoms with E-state index < -0.39 is 12.1 Å². The minimum absolute atomic E-state index is 0.124. The molecule has 9 nitrogen and oxygen atoms in total. The Morgan fingerprint density at radius 3 is 2.80 bits per heavy atom. The largest absolute Gasteiger partial charge is 0.489 e. The number of carboxylic acids is 1. The molecule has 2 atom stereocenters. The molecule has 2 heterocycles. The number of hydrogen-bond acceptors (Lipinski definition) is 6. The number of aromatic nitrogens is 3. The molecule has 2 aromatic heterocycles. The molecule has 0 radical (unpaired) electrons. The van der Waals surface area contributed by atoms with Gasteiger partial charge in [-0.05, 0) is 50.3 Å². The maximum atomic E-state index is 12.2. The van der Waals surface area contributed by atoms with Crippen molar-refractivity contribution in [3.8, 4) is 17.0 Å². The minimum atomic E-state index is -0.761. The van der Waals surface area contributed by atoms with Crippen LogP contribution in [-0.4, -0.2) is 38.0 Å². The van der Waals surface area contributed by atoms with Crippen LogP contribution >= 0.6 is 0 Å². The predicted molar refractivity (Wildman–Crippen MR) is 129 cm³/mol. The highest BCUT2D eigenvalue weighted by molar-refractivity contribution is 5.70. The lowest BCUT2D eigenvalue weighted by atomic mass is 9.87. The predicted octanol–water partition coefficient (Wildman–Crippen LogP) is 4.24. The van der Waals surface area contributed by atoms with Crippen molar-refractivity contribution in [1.82, 2.24) is 20.1 Å². The molecule has 9 heteroatoms. The van der Waals surface area contributed by atoms with Gasteiger partial charge in [0.25, 0.3) is 0 Å². The maximum absolute atomic E-state index is 12.2. The lowest BCUT2D eigenvalue weighted by Crippen LogP contribution is -2.29. The molecule has 3 aromatic rings. The Morgan fingerprint density at radius 2 is 2.06 bits per heavy atom. The van der Waals surface area contributed by atoms with E-state index in [0.29, 0.717) is 24.3 Å². The second kappa shape index (κ2) is 11.0. The summed E-state index contributed by atoms with van der Waals surface area (Å²) in [6.45, 7) is 2.42. The second-order valence-corrected chi connectivity index (χ2v) is 8.87. The van der Waals surface area contributed by atoms with Crippen LogP contribution in [-0.2, 0) is 29.7 Å². The van der Waals surface area contributed by atoms with E-state index in [1.54, 1.807) is 24.1 Å². The molecule has 1 fully saturated rings. The third-order valence-electron chi connectivity index (χ3n) is 6.20. The maximum Gasteiger partial charge on any atom is 0.407 e. The first kappa shape index (κ1) is 24.3. The summed E-state index contributed by atoms with van der Waals surface area (Å²) in [5.41, 5.74) is 4.32. The topological polar surface area (TPSA) is 116 Å². The molecule has 4 rings (SSSR count). The van der Waals surface area contributed by atoms with Crippen molar-refractivity contribution in [2.45, 2.75) is 51.9 Å². The summed E-state index contributed by atoms with van der Waals surface area (Å²) in [5, 5.41) is 16.4. The van der Waals surface area contributed by atoms with Crippen LogP contribution in [0.1, 0.15) is 42.5 Å². The highest BCUT2D eigenvalue weighted by Gasteiger charge is 2.28. The van der Waals surface area contributed by atoms with E-state index in [2.05, 4.69) is 15.4 Å². The molecule has 0 aliphatic heterocycles. The van der Waals surface area contributed by atoms with Gasteiger partial charge in [0.15, 0.2) is 0 Å². The molecule has 0 saturated heterocycles. The Kier molecular flexibility index (Phi) is 7.64. The zero-order valence-electron chi connectivity index (χ0n) is 19.9. The van der Waals surface area contributed by atoms with Gasteiger partial charge in [-0.3, -0.25) is 14.5 Å². The number of aliphatic carboxylic acids is 1. The fourth-order valence-electron chi connectivity index (χ4n) is 4.32. The Hall–Kier alpha value is -3.88. The summed E-state index contributed by atoms with van der Waals surface area (Å²) in [5.74, 6) is -0.508. The van der Waals surface area contributed by atoms with Crippen LogP contribution in [0.5, 0.6) is 5.75 Å². The van der Waals surface area contributed by atoms with Gasteiger partial charge in [-0.2, -0.15) is 5.10 Å². The molecule has 35 heavy (non-hydrogen) atoms. The standard InChI is InChI=1S/C26H30N4O5/c1-17-5-3-6-18(11-17)16-34-26(33)28-15-24-22(14-29-30(24)2)23-10-9-21(13-27-23)35-20-8-4-7-19(12-20)25(31)32/h3,5-6,9-11,13-14,19-20H,4,7-8,12,15-16H2,1-2H3,(H,28,33)(H,31,32)/t19-,20-/m0/s1. The zero-order chi connectivity index (χ0) is 24.8. The fourth-order valence-corrected chi connectivity index (χ4v) is 4.32. The zero-order valence-corrected chi connectivity index (χ0v) is 19.9. The number of pyridine rings is 1. The first-order valence-electron chi connectivity index (χ1n) is 11.7. The summed E-state index contributed by atoms with van der Waals surface area (Å²) < 4.78 is 13.0. The van der Waals surface area contributed by atoms with E-state index in [1.165, 1.54) is 0 Å². The minimum Gasteiger partial charge on any atom is -0.489 e. The van der Waals surface area contributed by atoms with Gasteiger partial charge in [0.2, 0.25) is 0 Å². The third-order valence-corrected chi connectivity index (χ3v) is 6.20. The number of carbonyl (C=O) groups is 2. The van der Waals surface area contributed by atoms with Crippen molar-refractivity contribution >= 4 is 12.1 Å². The van der Waals surface area contributed by atoms with E-state index >= 15 is 0 Å². The summed E-state index contributed by atoms with van der Waals surface area (Å²) in [4.78, 5) is 28.0. The van der Waals surface area contributed by atoms with Gasteiger partial charge in [-0.15, -0.1) is 0 Å². The SMILES string of the molecule is Cc1cccc(COC(=O)NCc2c(-c3ccc(O[C@H]4CCC[C@H](C(=O)O)C4)cn3)cnn2C)c1. The van der Waals surface area contributed by atoms with Crippen LogP contribution in [0.4, 0.5) is 4.79 Å². The van der Waals surface area contributed by atoms with E-state index in [1.807, 2.05) is 43.3 Å². The number of nitrogens with zero attached hydrogens (tertiary/aromatic N) is 3. The van der Waals surface area contributed by atoms with Crippen molar-refractivity contribution in [1.29, 1.82) is 0 Å². The second-order valence-electron chi connectivity index (χ2n) is 8.87. The molecule has 1 aliphatic carbocycles. The molecule has 0 spiro atoms. The number of aryl methyl sites for hydroxylation is 2. The first-order chi connectivity index (χ1) is 16.9. The number of carbonyl (C=O) groups excluding carboxylic acids is 1. The summed E-state index contributed by atoms with van der Waals surface area (Å²) >= 11 is 0. The lowest BCUT2D eigenvalue weighted by Gasteiger charge is -2.27. The molecule has 1 aliphatic rings. The van der Waals surface area contributed by atoms with Gasteiger partial charge in [-0.25, -0.2) is 4.79 Å². The average molecular weight is 479 g/mol. The number of ether oxygens (including phenoxy) is 2. The van der Waals surface area contributed by atoms with Gasteiger partial charge >= 0.3 is 12.1 Å². The summed E-state index contributed by atoms with van der Waals surface area (Å²) in [6, 6.07) is 11.5. The Labute approximate surface area is 204 Å². The highest BCUT2D eigenvalue weighted by atomic mass is 16.5. The Balaban J connectivity index is 1.34. The number of benzene rings is 1. The number of nitrogens with one attached hydrogen (secondary N) is 1. The van der Waals surface area contributed by atoms with Crippen molar-refractivity contribution in [3.05, 3.63) is 65.6 Å². The molecule has 184 valence electrons.